The van der Waals surface area contributed by atoms with Gasteiger partial charge in [-0.15, -0.1) is 0 Å². The normalized spacial score (nSPS) is 12.9. The molecule has 0 rings (SSSR count). The number of hydrogen-bond acceptors (Lipinski definition) is 4. The van der Waals surface area contributed by atoms with Crippen molar-refractivity contribution in [3.05, 3.63) is 12.7 Å². The van der Waals surface area contributed by atoms with Crippen molar-refractivity contribution in [2.75, 3.05) is 13.2 Å². The highest BCUT2D eigenvalue weighted by Gasteiger charge is 2.27. The van der Waals surface area contributed by atoms with Crippen LogP contribution < -0.4 is 5.32 Å². The number of ether oxygens (including phenoxy) is 2. The summed E-state index contributed by atoms with van der Waals surface area (Å²) in [6.45, 7) is 10.1. The average molecular weight is 356 g/mol. The summed E-state index contributed by atoms with van der Waals surface area (Å²) in [6, 6.07) is -0.670. The summed E-state index contributed by atoms with van der Waals surface area (Å²) in [4.78, 5) is 23.9. The lowest BCUT2D eigenvalue weighted by atomic mass is 9.99. The van der Waals surface area contributed by atoms with Crippen LogP contribution in [0.25, 0.3) is 0 Å². The van der Waals surface area contributed by atoms with E-state index >= 15 is 0 Å². The van der Waals surface area contributed by atoms with Crippen LogP contribution in [0.1, 0.15) is 78.6 Å². The van der Waals surface area contributed by atoms with Gasteiger partial charge in [-0.25, -0.2) is 9.59 Å². The van der Waals surface area contributed by atoms with Gasteiger partial charge < -0.3 is 14.8 Å². The van der Waals surface area contributed by atoms with Gasteiger partial charge in [0.2, 0.25) is 0 Å². The van der Waals surface area contributed by atoms with Crippen LogP contribution in [-0.2, 0) is 14.3 Å². The highest BCUT2D eigenvalue weighted by atomic mass is 16.6. The molecule has 0 saturated heterocycles. The van der Waals surface area contributed by atoms with Crippen molar-refractivity contribution >= 4 is 12.1 Å². The summed E-state index contributed by atoms with van der Waals surface area (Å²) in [7, 11) is 0. The highest BCUT2D eigenvalue weighted by Crippen LogP contribution is 2.11. The molecule has 0 bridgehead atoms. The van der Waals surface area contributed by atoms with Crippen LogP contribution in [0.3, 0.4) is 0 Å². The van der Waals surface area contributed by atoms with Gasteiger partial charge in [0.05, 0.1) is 6.61 Å². The van der Waals surface area contributed by atoms with Gasteiger partial charge in [0.1, 0.15) is 12.6 Å². The largest absolute Gasteiger partial charge is 0.464 e. The van der Waals surface area contributed by atoms with E-state index in [9.17, 15) is 9.59 Å². The third-order valence-corrected chi connectivity index (χ3v) is 4.31. The van der Waals surface area contributed by atoms with Gasteiger partial charge in [0, 0.05) is 0 Å². The van der Waals surface area contributed by atoms with Crippen molar-refractivity contribution in [2.45, 2.75) is 84.6 Å². The minimum Gasteiger partial charge on any atom is -0.464 e. The van der Waals surface area contributed by atoms with Crippen LogP contribution in [0.2, 0.25) is 0 Å². The quantitative estimate of drug-likeness (QED) is 0.255. The topological polar surface area (TPSA) is 64.6 Å². The summed E-state index contributed by atoms with van der Waals surface area (Å²) in [6.07, 6.45) is 11.2. The number of hydrogen-bond donors (Lipinski definition) is 1. The molecule has 0 aliphatic rings. The number of rotatable bonds is 15. The lowest BCUT2D eigenvalue weighted by Crippen LogP contribution is -2.46. The van der Waals surface area contributed by atoms with Crippen LogP contribution in [0.4, 0.5) is 4.79 Å². The monoisotopic (exact) mass is 355 g/mol. The average Bonchev–Trinajstić information content (AvgIpc) is 2.62. The van der Waals surface area contributed by atoms with Crippen LogP contribution in [0.15, 0.2) is 12.7 Å². The van der Waals surface area contributed by atoms with Crippen LogP contribution in [-0.4, -0.2) is 31.3 Å². The molecule has 0 radical (unpaired) electrons. The summed E-state index contributed by atoms with van der Waals surface area (Å²) < 4.78 is 10.2. The molecule has 5 heteroatoms. The Hall–Kier alpha value is -1.52. The molecule has 0 aromatic carbocycles. The Morgan fingerprint density at radius 3 is 2.16 bits per heavy atom. The van der Waals surface area contributed by atoms with Gasteiger partial charge in [0.15, 0.2) is 0 Å². The third kappa shape index (κ3) is 12.5. The Kier molecular flexibility index (Phi) is 15.0. The van der Waals surface area contributed by atoms with E-state index in [-0.39, 0.29) is 18.5 Å². The zero-order valence-corrected chi connectivity index (χ0v) is 16.4. The predicted molar refractivity (Wildman–Crippen MR) is 101 cm³/mol. The highest BCUT2D eigenvalue weighted by molar-refractivity contribution is 5.81. The first-order valence-corrected chi connectivity index (χ1v) is 9.77. The number of nitrogens with one attached hydrogen (secondary N) is 1. The molecule has 1 N–H and O–H groups in total. The van der Waals surface area contributed by atoms with Crippen molar-refractivity contribution in [3.63, 3.8) is 0 Å². The molecule has 0 aliphatic carbocycles. The van der Waals surface area contributed by atoms with Gasteiger partial charge in [0.25, 0.3) is 0 Å². The molecule has 1 amide bonds. The smallest absolute Gasteiger partial charge is 0.408 e. The Bertz CT molecular complexity index is 371. The lowest BCUT2D eigenvalue weighted by molar-refractivity contribution is -0.147. The molecule has 0 heterocycles. The van der Waals surface area contributed by atoms with Gasteiger partial charge in [-0.1, -0.05) is 84.8 Å². The second-order valence-electron chi connectivity index (χ2n) is 6.54. The molecule has 0 aromatic rings. The second-order valence-corrected chi connectivity index (χ2v) is 6.54. The number of carbonyl (C=O) groups excluding carboxylic acids is 2. The first kappa shape index (κ1) is 23.5. The molecule has 0 aliphatic heterocycles. The van der Waals surface area contributed by atoms with Crippen LogP contribution in [0.5, 0.6) is 0 Å². The van der Waals surface area contributed by atoms with Gasteiger partial charge in [-0.05, 0) is 12.3 Å². The van der Waals surface area contributed by atoms with E-state index in [1.807, 2.05) is 13.8 Å². The molecular formula is C20H37NO4. The number of amides is 1. The maximum absolute atomic E-state index is 12.2. The van der Waals surface area contributed by atoms with Crippen LogP contribution in [0, 0.1) is 5.92 Å². The molecule has 146 valence electrons. The van der Waals surface area contributed by atoms with Gasteiger partial charge in [-0.3, -0.25) is 0 Å². The van der Waals surface area contributed by atoms with E-state index in [2.05, 4.69) is 18.8 Å². The molecule has 0 fully saturated rings. The van der Waals surface area contributed by atoms with Crippen molar-refractivity contribution in [3.8, 4) is 0 Å². The van der Waals surface area contributed by atoms with Crippen molar-refractivity contribution in [1.82, 2.24) is 5.32 Å². The molecule has 2 atom stereocenters. The van der Waals surface area contributed by atoms with Crippen molar-refractivity contribution < 1.29 is 19.1 Å². The van der Waals surface area contributed by atoms with E-state index in [1.165, 1.54) is 44.6 Å². The summed E-state index contributed by atoms with van der Waals surface area (Å²) in [5.41, 5.74) is 0. The zero-order chi connectivity index (χ0) is 18.9. The first-order valence-electron chi connectivity index (χ1n) is 9.77. The molecular weight excluding hydrogens is 318 g/mol. The van der Waals surface area contributed by atoms with E-state index in [1.54, 1.807) is 0 Å². The molecule has 0 aromatic heterocycles. The maximum atomic E-state index is 12.2. The van der Waals surface area contributed by atoms with E-state index in [0.717, 1.165) is 19.3 Å². The summed E-state index contributed by atoms with van der Waals surface area (Å²) in [5.74, 6) is -0.393. The number of carbonyl (C=O) groups is 2. The molecule has 0 spiro atoms. The Morgan fingerprint density at radius 1 is 1.00 bits per heavy atom. The summed E-state index contributed by atoms with van der Waals surface area (Å²) in [5, 5.41) is 2.60. The fraction of sp³-hybridized carbons (Fsp3) is 0.800. The van der Waals surface area contributed by atoms with Crippen molar-refractivity contribution in [1.29, 1.82) is 0 Å². The number of esters is 1. The van der Waals surface area contributed by atoms with E-state index in [4.69, 9.17) is 9.47 Å². The standard InChI is InChI=1S/C20H37NO4/c1-5-8-9-10-11-12-13-14-16-24-19(22)18(17(4)7-3)21-20(23)25-15-6-2/h6,17-18H,2,5,7-16H2,1,3-4H3,(H,21,23)/t17?,18-/m0/s1. The Labute approximate surface area is 153 Å². The zero-order valence-electron chi connectivity index (χ0n) is 16.4. The molecule has 0 saturated carbocycles. The summed E-state index contributed by atoms with van der Waals surface area (Å²) >= 11 is 0. The predicted octanol–water partition coefficient (Wildman–Crippen LogP) is 5.00. The van der Waals surface area contributed by atoms with E-state index < -0.39 is 12.1 Å². The van der Waals surface area contributed by atoms with Crippen molar-refractivity contribution in [2.24, 2.45) is 5.92 Å². The van der Waals surface area contributed by atoms with E-state index in [0.29, 0.717) is 6.61 Å². The molecule has 25 heavy (non-hydrogen) atoms. The SMILES string of the molecule is C=CCOC(=O)N[C@H](C(=O)OCCCCCCCCCC)C(C)CC. The fourth-order valence-electron chi connectivity index (χ4n) is 2.47. The minimum atomic E-state index is -0.670. The van der Waals surface area contributed by atoms with Crippen LogP contribution >= 0.6 is 0 Å². The lowest BCUT2D eigenvalue weighted by Gasteiger charge is -2.22. The fourth-order valence-corrected chi connectivity index (χ4v) is 2.47. The Balaban J connectivity index is 4.02. The third-order valence-electron chi connectivity index (χ3n) is 4.31. The molecule has 5 nitrogen and oxygen atoms in total. The number of alkyl carbamates (subject to hydrolysis) is 1. The molecule has 1 unspecified atom stereocenters. The minimum absolute atomic E-state index is 0.0117. The van der Waals surface area contributed by atoms with Gasteiger partial charge in [-0.2, -0.15) is 0 Å². The maximum Gasteiger partial charge on any atom is 0.408 e. The first-order chi connectivity index (χ1) is 12.1. The number of unbranched alkanes of at least 4 members (excludes halogenated alkanes) is 7. The Morgan fingerprint density at radius 2 is 1.60 bits per heavy atom. The van der Waals surface area contributed by atoms with Gasteiger partial charge >= 0.3 is 12.1 Å². The second kappa shape index (κ2) is 16.0.